The van der Waals surface area contributed by atoms with Crippen molar-refractivity contribution in [3.8, 4) is 0 Å². The third kappa shape index (κ3) is 5.16. The molecule has 4 aliphatic heterocycles. The minimum Gasteiger partial charge on any atom is -0.444 e. The van der Waals surface area contributed by atoms with Gasteiger partial charge >= 0.3 is 6.09 Å². The number of likely N-dealkylation sites (tertiary alicyclic amines) is 1. The molecule has 5 rings (SSSR count). The van der Waals surface area contributed by atoms with Crippen LogP contribution in [0.5, 0.6) is 0 Å². The van der Waals surface area contributed by atoms with E-state index in [1.807, 2.05) is 20.8 Å². The molecule has 5 aliphatic rings. The lowest BCUT2D eigenvalue weighted by Crippen LogP contribution is -2.52. The lowest BCUT2D eigenvalue weighted by atomic mass is 9.76. The van der Waals surface area contributed by atoms with E-state index in [0.29, 0.717) is 38.0 Å². The molecule has 7 atom stereocenters. The monoisotopic (exact) mass is 469 g/mol. The number of alkyl halides is 1. The highest BCUT2D eigenvalue weighted by molar-refractivity contribution is 5.68. The van der Waals surface area contributed by atoms with E-state index < -0.39 is 11.8 Å². The molecule has 0 aromatic carbocycles. The van der Waals surface area contributed by atoms with Crippen LogP contribution in [-0.4, -0.2) is 85.1 Å². The summed E-state index contributed by atoms with van der Waals surface area (Å²) in [5.41, 5.74) is 6.16. The second-order valence-corrected chi connectivity index (χ2v) is 11.4. The van der Waals surface area contributed by atoms with Crippen LogP contribution in [0.2, 0.25) is 0 Å². The molecule has 1 amide bonds. The van der Waals surface area contributed by atoms with E-state index in [2.05, 4.69) is 21.2 Å². The molecule has 10 heteroatoms. The number of hydroxylamine groups is 1. The van der Waals surface area contributed by atoms with Crippen molar-refractivity contribution in [1.29, 1.82) is 0 Å². The second kappa shape index (κ2) is 9.54. The highest BCUT2D eigenvalue weighted by atomic mass is 19.1. The maximum atomic E-state index is 15.1. The Morgan fingerprint density at radius 3 is 2.61 bits per heavy atom. The Bertz CT molecular complexity index is 695. The van der Waals surface area contributed by atoms with E-state index in [1.54, 1.807) is 4.90 Å². The number of piperidine rings is 1. The van der Waals surface area contributed by atoms with Gasteiger partial charge in [0.25, 0.3) is 0 Å². The van der Waals surface area contributed by atoms with Gasteiger partial charge in [0.05, 0.1) is 18.8 Å². The Balaban J connectivity index is 1.13. The molecule has 0 bridgehead atoms. The summed E-state index contributed by atoms with van der Waals surface area (Å²) in [5, 5.41) is 5.88. The number of hydrogen-bond acceptors (Lipinski definition) is 8. The molecule has 0 aromatic heterocycles. The number of hydrazine groups is 1. The van der Waals surface area contributed by atoms with Gasteiger partial charge in [-0.05, 0) is 58.8 Å². The number of nitrogens with zero attached hydrogens (tertiary/aromatic N) is 2. The van der Waals surface area contributed by atoms with Crippen molar-refractivity contribution in [2.24, 2.45) is 17.8 Å². The molecule has 3 N–H and O–H groups in total. The van der Waals surface area contributed by atoms with Gasteiger partial charge in [0.15, 0.2) is 0 Å². The van der Waals surface area contributed by atoms with Gasteiger partial charge in [-0.2, -0.15) is 5.48 Å². The maximum Gasteiger partial charge on any atom is 0.410 e. The van der Waals surface area contributed by atoms with Gasteiger partial charge in [0.1, 0.15) is 18.0 Å². The summed E-state index contributed by atoms with van der Waals surface area (Å²) < 4.78 is 26.2. The number of halogens is 1. The summed E-state index contributed by atoms with van der Waals surface area (Å²) in [4.78, 5) is 20.1. The lowest BCUT2D eigenvalue weighted by Gasteiger charge is -2.40. The van der Waals surface area contributed by atoms with E-state index in [1.165, 1.54) is 0 Å². The zero-order chi connectivity index (χ0) is 23.2. The van der Waals surface area contributed by atoms with E-state index in [4.69, 9.17) is 14.3 Å². The lowest BCUT2D eigenvalue weighted by molar-refractivity contribution is -0.0544. The Hall–Kier alpha value is -1.04. The molecule has 0 spiro atoms. The number of ether oxygens (including phenoxy) is 2. The van der Waals surface area contributed by atoms with Gasteiger partial charge in [0.2, 0.25) is 0 Å². The standard InChI is InChI=1S/C23H40FN5O4/c1-23(2,3)32-22(30)28-7-4-14(5-8-28)20-26-21(33-27-20)15-10-18(24)17-12-25-29(19(17)11-15)16-6-9-31-13-16/h14-21,25-27H,4-13H2,1-3H3. The summed E-state index contributed by atoms with van der Waals surface area (Å²) in [7, 11) is 0. The summed E-state index contributed by atoms with van der Waals surface area (Å²) in [6.07, 6.45) is 2.96. The van der Waals surface area contributed by atoms with Gasteiger partial charge in [0, 0.05) is 44.1 Å². The van der Waals surface area contributed by atoms with E-state index >= 15 is 4.39 Å². The van der Waals surface area contributed by atoms with Crippen LogP contribution in [0, 0.1) is 17.8 Å². The third-order valence-corrected chi connectivity index (χ3v) is 7.95. The highest BCUT2D eigenvalue weighted by Crippen LogP contribution is 2.40. The fraction of sp³-hybridized carbons (Fsp3) is 0.957. The Morgan fingerprint density at radius 1 is 1.12 bits per heavy atom. The minimum absolute atomic E-state index is 0.0209. The van der Waals surface area contributed by atoms with E-state index in [0.717, 1.165) is 38.9 Å². The van der Waals surface area contributed by atoms with Crippen molar-refractivity contribution in [1.82, 2.24) is 26.1 Å². The van der Waals surface area contributed by atoms with Crippen molar-refractivity contribution >= 4 is 6.09 Å². The van der Waals surface area contributed by atoms with Gasteiger partial charge in [-0.3, -0.25) is 15.6 Å². The zero-order valence-electron chi connectivity index (χ0n) is 20.1. The molecule has 1 aliphatic carbocycles. The fourth-order valence-corrected chi connectivity index (χ4v) is 6.18. The zero-order valence-corrected chi connectivity index (χ0v) is 20.1. The summed E-state index contributed by atoms with van der Waals surface area (Å²) in [6.45, 7) is 9.24. The quantitative estimate of drug-likeness (QED) is 0.577. The summed E-state index contributed by atoms with van der Waals surface area (Å²) in [6, 6.07) is 0.524. The van der Waals surface area contributed by atoms with Crippen LogP contribution < -0.4 is 16.2 Å². The summed E-state index contributed by atoms with van der Waals surface area (Å²) in [5.74, 6) is 0.515. The number of rotatable bonds is 3. The van der Waals surface area contributed by atoms with Crippen LogP contribution in [0.25, 0.3) is 0 Å². The molecule has 7 unspecified atom stereocenters. The van der Waals surface area contributed by atoms with Gasteiger partial charge < -0.3 is 14.4 Å². The number of carbonyl (C=O) groups is 1. The highest BCUT2D eigenvalue weighted by Gasteiger charge is 2.50. The predicted octanol–water partition coefficient (Wildman–Crippen LogP) is 1.75. The van der Waals surface area contributed by atoms with Gasteiger partial charge in [-0.15, -0.1) is 0 Å². The maximum absolute atomic E-state index is 15.1. The van der Waals surface area contributed by atoms with Crippen LogP contribution in [0.3, 0.4) is 0 Å². The number of carbonyl (C=O) groups excluding carboxylic acids is 1. The van der Waals surface area contributed by atoms with Crippen LogP contribution in [0.4, 0.5) is 9.18 Å². The first kappa shape index (κ1) is 23.7. The number of fused-ring (bicyclic) bond motifs is 1. The van der Waals surface area contributed by atoms with Crippen molar-refractivity contribution in [3.63, 3.8) is 0 Å². The predicted molar refractivity (Wildman–Crippen MR) is 119 cm³/mol. The SMILES string of the molecule is CC(C)(C)OC(=O)N1CCC(C2NOC(C3CC(F)C4CNN(C5CCOC5)C4C3)N2)CC1. The third-order valence-electron chi connectivity index (χ3n) is 7.95. The average molecular weight is 470 g/mol. The molecule has 0 aromatic rings. The Labute approximate surface area is 195 Å². The molecule has 9 nitrogen and oxygen atoms in total. The van der Waals surface area contributed by atoms with Crippen molar-refractivity contribution in [3.05, 3.63) is 0 Å². The van der Waals surface area contributed by atoms with Crippen LogP contribution in [0.1, 0.15) is 52.9 Å². The first-order valence-electron chi connectivity index (χ1n) is 12.7. The second-order valence-electron chi connectivity index (χ2n) is 11.4. The van der Waals surface area contributed by atoms with Gasteiger partial charge in [-0.25, -0.2) is 14.2 Å². The van der Waals surface area contributed by atoms with E-state index in [-0.39, 0.29) is 36.4 Å². The van der Waals surface area contributed by atoms with E-state index in [9.17, 15) is 4.79 Å². The summed E-state index contributed by atoms with van der Waals surface area (Å²) >= 11 is 0. The van der Waals surface area contributed by atoms with Gasteiger partial charge in [-0.1, -0.05) is 0 Å². The fourth-order valence-electron chi connectivity index (χ4n) is 6.18. The topological polar surface area (TPSA) is 87.3 Å². The van der Waals surface area contributed by atoms with Crippen LogP contribution in [0.15, 0.2) is 0 Å². The largest absolute Gasteiger partial charge is 0.444 e. The molecule has 188 valence electrons. The molecular formula is C23H40FN5O4. The van der Waals surface area contributed by atoms with Crippen molar-refractivity contribution < 1.29 is 23.5 Å². The molecule has 1 saturated carbocycles. The smallest absolute Gasteiger partial charge is 0.410 e. The number of amides is 1. The Morgan fingerprint density at radius 2 is 1.91 bits per heavy atom. The molecule has 0 radical (unpaired) electrons. The number of hydrogen-bond donors (Lipinski definition) is 3. The molecular weight excluding hydrogens is 429 g/mol. The van der Waals surface area contributed by atoms with Crippen molar-refractivity contribution in [2.75, 3.05) is 32.8 Å². The first-order chi connectivity index (χ1) is 15.8. The van der Waals surface area contributed by atoms with Crippen molar-refractivity contribution in [2.45, 2.75) is 89.1 Å². The average Bonchev–Trinajstić information content (AvgIpc) is 3.52. The normalized spacial score (nSPS) is 40.8. The molecule has 4 heterocycles. The molecule has 5 fully saturated rings. The van der Waals surface area contributed by atoms with Crippen LogP contribution in [-0.2, 0) is 14.3 Å². The molecule has 33 heavy (non-hydrogen) atoms. The Kier molecular flexibility index (Phi) is 6.85. The number of nitrogens with one attached hydrogen (secondary N) is 3. The minimum atomic E-state index is -0.824. The first-order valence-corrected chi connectivity index (χ1v) is 12.7. The van der Waals surface area contributed by atoms with Crippen LogP contribution >= 0.6 is 0 Å². The molecule has 4 saturated heterocycles.